The smallest absolute Gasteiger partial charge is 0.410 e. The van der Waals surface area contributed by atoms with Crippen molar-refractivity contribution in [1.82, 2.24) is 65.0 Å². The molecule has 5 aliphatic carbocycles. The standard InChI is InChI=1S/C23H26N4O3.C18H27N3O3.C13H19N3O.C10H9NO3.C8H9ClN2O.C5H4Cl2N2.C3H6O.ClH/c1-3-21(28)25-18-6-4-17(5-7-18)23(29)27-11-10-16(14-27)12-20-24-13-15(2)22(26-20)30-19-8-9-19;1-12-10-19-15(20-16(12)23-14-5-6-14)9-13-7-8-21(11-13)17(22)24-18(2,3)4;1-9-7-15-12(6-10-4-5-14-8-10)16-13(9)17-11-2-3-11;1-2-9(12)11-8-5-3-7(4-6-8)10(13)14;1-5-4-10-8(9)11-7(5)12-6-2-3-6;1-3-2-8-5(7)9-4(3)6;4-3-1-2-3;/h3-7,13,16,19H,1,8-12,14H2,2H3,(H,25,28);10,13-14H,5-9,11H2,1-4H3;7,10-11,14H,2-6,8H2,1H3;2-6H,1H2,(H,11,12)(H,13,14);4,6H,2-3H2,1H3;2H,1H3;3-4H,1-2H2;1H/t16-;13-;10-;;;;;/m000...../s1. The van der Waals surface area contributed by atoms with Crippen LogP contribution < -0.4 is 34.9 Å². The zero-order valence-corrected chi connectivity index (χ0v) is 67.2. The lowest BCUT2D eigenvalue weighted by Crippen LogP contribution is -2.35. The molecule has 3 aliphatic heterocycles. The van der Waals surface area contributed by atoms with Crippen LogP contribution in [0, 0.1) is 52.4 Å². The van der Waals surface area contributed by atoms with Crippen LogP contribution in [0.15, 0.2) is 105 Å². The second kappa shape index (κ2) is 42.4. The van der Waals surface area contributed by atoms with Gasteiger partial charge in [0.1, 0.15) is 52.6 Å². The van der Waals surface area contributed by atoms with Crippen molar-refractivity contribution in [3.63, 3.8) is 0 Å². The van der Waals surface area contributed by atoms with E-state index >= 15 is 0 Å². The van der Waals surface area contributed by atoms with Crippen LogP contribution in [0.3, 0.4) is 0 Å². The topological polar surface area (TPSA) is 343 Å². The molecule has 111 heavy (non-hydrogen) atoms. The van der Waals surface area contributed by atoms with Crippen molar-refractivity contribution in [3.8, 4) is 23.5 Å². The van der Waals surface area contributed by atoms with E-state index in [9.17, 15) is 24.0 Å². The Morgan fingerprint density at radius 2 is 0.883 bits per heavy atom. The predicted molar refractivity (Wildman–Crippen MR) is 425 cm³/mol. The summed E-state index contributed by atoms with van der Waals surface area (Å²) in [6.45, 7) is 27.1. The number of aliphatic hydroxyl groups is 1. The van der Waals surface area contributed by atoms with Crippen molar-refractivity contribution >= 4 is 88.4 Å². The Morgan fingerprint density at radius 3 is 1.24 bits per heavy atom. The third-order valence-electron chi connectivity index (χ3n) is 17.7. The lowest BCUT2D eigenvalue weighted by atomic mass is 10.0. The van der Waals surface area contributed by atoms with Gasteiger partial charge >= 0.3 is 12.1 Å². The molecule has 4 amide bonds. The number of aromatic nitrogens is 10. The Balaban J connectivity index is 0.000000172. The van der Waals surface area contributed by atoms with Crippen LogP contribution in [0.25, 0.3) is 0 Å². The van der Waals surface area contributed by atoms with Gasteiger partial charge in [-0.15, -0.1) is 12.4 Å². The number of amides is 4. The number of carboxylic acids is 1. The summed E-state index contributed by atoms with van der Waals surface area (Å²) in [5.41, 5.74) is 6.27. The fourth-order valence-electron chi connectivity index (χ4n) is 10.7. The van der Waals surface area contributed by atoms with Crippen molar-refractivity contribution < 1.29 is 57.9 Å². The summed E-state index contributed by atoms with van der Waals surface area (Å²) < 4.78 is 28.4. The SMILES string of the molecule is C=CC(=O)Nc1ccc(C(=O)N2CC[C@@H](Cc3ncc(C)c(OC4CC4)n3)C2)cc1.C=CC(=O)Nc1ccc(C(=O)O)cc1.Cc1cnc(C[C@@H]2CCN(C(=O)OC(C)(C)C)C2)nc1OC1CC1.Cc1cnc(C[C@@H]2CCNC2)nc1OC1CC1.Cc1cnc(Cl)nc1Cl.Cc1cnc(Cl)nc1OC1CC1.Cl.OC1CC1. The molecule has 3 saturated heterocycles. The number of aromatic carboxylic acids is 1. The number of ether oxygens (including phenoxy) is 5. The number of hydrogen-bond acceptors (Lipinski definition) is 22. The number of carboxylic acid groups (broad SMARTS) is 1. The quantitative estimate of drug-likeness (QED) is 0.0269. The van der Waals surface area contributed by atoms with Crippen LogP contribution in [0.2, 0.25) is 15.7 Å². The summed E-state index contributed by atoms with van der Waals surface area (Å²) in [6, 6.07) is 12.8. The molecule has 5 saturated carbocycles. The molecule has 31 heteroatoms. The molecule has 8 heterocycles. The molecular formula is C80H101Cl4N15O12. The zero-order valence-electron chi connectivity index (χ0n) is 64.1. The molecule has 0 unspecified atom stereocenters. The highest BCUT2D eigenvalue weighted by Gasteiger charge is 2.33. The van der Waals surface area contributed by atoms with Gasteiger partial charge in [0, 0.05) is 121 Å². The summed E-state index contributed by atoms with van der Waals surface area (Å²) in [7, 11) is 0. The molecule has 27 nitrogen and oxygen atoms in total. The number of aliphatic hydroxyl groups excluding tert-OH is 1. The van der Waals surface area contributed by atoms with Gasteiger partial charge < -0.3 is 59.6 Å². The molecule has 0 radical (unpaired) electrons. The number of carbonyl (C=O) groups excluding carboxylic acids is 4. The number of halogens is 4. The number of hydrogen-bond donors (Lipinski definition) is 5. The highest BCUT2D eigenvalue weighted by Crippen LogP contribution is 2.33. The predicted octanol–water partition coefficient (Wildman–Crippen LogP) is 13.9. The molecule has 5 N–H and O–H groups in total. The summed E-state index contributed by atoms with van der Waals surface area (Å²) in [5.74, 6) is 5.12. The lowest BCUT2D eigenvalue weighted by Gasteiger charge is -2.24. The molecule has 2 aromatic carbocycles. The minimum atomic E-state index is -0.994. The number of nitrogens with zero attached hydrogens (tertiary/aromatic N) is 12. The summed E-state index contributed by atoms with van der Waals surface area (Å²) in [5, 5.41) is 26.2. The van der Waals surface area contributed by atoms with Crippen molar-refractivity contribution in [3.05, 3.63) is 177 Å². The number of likely N-dealkylation sites (tertiary alicyclic amines) is 2. The number of carbonyl (C=O) groups is 5. The fraction of sp³-hybridized carbons (Fsp3) is 0.487. The van der Waals surface area contributed by atoms with E-state index in [1.165, 1.54) is 49.6 Å². The average molecular weight is 1610 g/mol. The maximum Gasteiger partial charge on any atom is 0.410 e. The Morgan fingerprint density at radius 1 is 0.514 bits per heavy atom. The van der Waals surface area contributed by atoms with Gasteiger partial charge in [-0.05, 0) is 254 Å². The van der Waals surface area contributed by atoms with Gasteiger partial charge in [0.25, 0.3) is 5.91 Å². The highest BCUT2D eigenvalue weighted by molar-refractivity contribution is 6.32. The molecule has 5 aromatic heterocycles. The number of anilines is 2. The second-order valence-corrected chi connectivity index (χ2v) is 30.4. The second-order valence-electron chi connectivity index (χ2n) is 29.4. The summed E-state index contributed by atoms with van der Waals surface area (Å²) in [4.78, 5) is 104. The van der Waals surface area contributed by atoms with Crippen LogP contribution in [0.1, 0.15) is 170 Å². The molecule has 15 rings (SSSR count). The van der Waals surface area contributed by atoms with Crippen molar-refractivity contribution in [2.75, 3.05) is 49.9 Å². The maximum absolute atomic E-state index is 12.8. The van der Waals surface area contributed by atoms with Gasteiger partial charge in [0.2, 0.25) is 45.9 Å². The highest BCUT2D eigenvalue weighted by atomic mass is 35.5. The first-order valence-corrected chi connectivity index (χ1v) is 38.5. The monoisotopic (exact) mass is 1600 g/mol. The molecule has 0 bridgehead atoms. The zero-order chi connectivity index (χ0) is 79.0. The van der Waals surface area contributed by atoms with Crippen LogP contribution in [0.5, 0.6) is 23.5 Å². The Hall–Kier alpha value is -9.25. The van der Waals surface area contributed by atoms with E-state index in [0.717, 1.165) is 167 Å². The molecule has 7 aromatic rings. The third kappa shape index (κ3) is 31.4. The fourth-order valence-corrected chi connectivity index (χ4v) is 11.1. The van der Waals surface area contributed by atoms with Crippen molar-refractivity contribution in [1.29, 1.82) is 0 Å². The normalized spacial score (nSPS) is 17.7. The molecule has 596 valence electrons. The van der Waals surface area contributed by atoms with Crippen molar-refractivity contribution in [2.45, 2.75) is 194 Å². The molecule has 8 fully saturated rings. The molecule has 3 atom stereocenters. The van der Waals surface area contributed by atoms with Gasteiger partial charge in [0.15, 0.2) is 0 Å². The minimum absolute atomic E-state index is 0. The maximum atomic E-state index is 12.8. The van der Waals surface area contributed by atoms with Gasteiger partial charge in [-0.3, -0.25) is 14.4 Å². The minimum Gasteiger partial charge on any atom is -0.478 e. The van der Waals surface area contributed by atoms with Crippen LogP contribution in [-0.2, 0) is 33.6 Å². The number of benzene rings is 2. The van der Waals surface area contributed by atoms with Crippen LogP contribution in [-0.4, -0.2) is 175 Å². The average Bonchev–Trinajstić information content (AvgIpc) is 1.75. The molecule has 0 spiro atoms. The van der Waals surface area contributed by atoms with Gasteiger partial charge in [-0.1, -0.05) is 24.8 Å². The number of aryl methyl sites for hydroxylation is 5. The first-order valence-electron chi connectivity index (χ1n) is 37.3. The van der Waals surface area contributed by atoms with E-state index in [1.54, 1.807) is 41.6 Å². The first-order chi connectivity index (χ1) is 52.6. The van der Waals surface area contributed by atoms with E-state index in [1.807, 2.05) is 78.9 Å². The van der Waals surface area contributed by atoms with Gasteiger partial charge in [-0.2, -0.15) is 19.9 Å². The Kier molecular flexibility index (Phi) is 33.4. The van der Waals surface area contributed by atoms with Gasteiger partial charge in [-0.25, -0.2) is 39.5 Å². The van der Waals surface area contributed by atoms with E-state index in [-0.39, 0.29) is 58.5 Å². The van der Waals surface area contributed by atoms with E-state index < -0.39 is 11.6 Å². The van der Waals surface area contributed by atoms with Crippen LogP contribution >= 0.6 is 47.2 Å². The number of nitrogens with one attached hydrogen (secondary N) is 3. The Labute approximate surface area is 669 Å². The third-order valence-corrected chi connectivity index (χ3v) is 18.5. The van der Waals surface area contributed by atoms with E-state index in [0.29, 0.717) is 95.0 Å². The van der Waals surface area contributed by atoms with E-state index in [4.69, 9.17) is 68.7 Å². The largest absolute Gasteiger partial charge is 0.478 e. The van der Waals surface area contributed by atoms with E-state index in [2.05, 4.69) is 78.9 Å². The van der Waals surface area contributed by atoms with Crippen LogP contribution in [0.4, 0.5) is 16.2 Å². The molecule has 8 aliphatic rings. The molecular weight excluding hydrogens is 1500 g/mol. The summed E-state index contributed by atoms with van der Waals surface area (Å²) >= 11 is 16.6. The lowest BCUT2D eigenvalue weighted by molar-refractivity contribution is -0.112. The van der Waals surface area contributed by atoms with Crippen molar-refractivity contribution in [2.24, 2.45) is 17.8 Å². The first kappa shape index (κ1) is 87.3. The number of rotatable bonds is 20. The Bertz CT molecular complexity index is 4270. The summed E-state index contributed by atoms with van der Waals surface area (Å²) in [6.07, 6.45) is 29.1. The van der Waals surface area contributed by atoms with Gasteiger partial charge in [0.05, 0.1) is 11.7 Å².